The van der Waals surface area contributed by atoms with Gasteiger partial charge in [0.2, 0.25) is 0 Å². The Hall–Kier alpha value is -4.27. The molecule has 2 fully saturated rings. The van der Waals surface area contributed by atoms with Crippen LogP contribution in [0, 0.1) is 11.6 Å². The zero-order valence-electron chi connectivity index (χ0n) is 20.8. The van der Waals surface area contributed by atoms with Gasteiger partial charge in [-0.25, -0.2) is 8.78 Å². The fourth-order valence-electron chi connectivity index (χ4n) is 4.91. The van der Waals surface area contributed by atoms with Crippen LogP contribution in [0.5, 0.6) is 0 Å². The third kappa shape index (κ3) is 5.51. The van der Waals surface area contributed by atoms with Crippen molar-refractivity contribution in [3.8, 4) is 0 Å². The van der Waals surface area contributed by atoms with Crippen LogP contribution >= 0.6 is 0 Å². The maximum absolute atomic E-state index is 13.6. The molecule has 1 N–H and O–H groups in total. The molecule has 9 heteroatoms. The zero-order valence-corrected chi connectivity index (χ0v) is 20.8. The van der Waals surface area contributed by atoms with Gasteiger partial charge in [-0.05, 0) is 73.5 Å². The van der Waals surface area contributed by atoms with E-state index in [1.54, 1.807) is 23.1 Å². The van der Waals surface area contributed by atoms with Crippen LogP contribution in [-0.4, -0.2) is 66.8 Å². The molecule has 2 aliphatic rings. The standard InChI is InChI=1S/C29H28F2N4O3/c30-22-8-6-20(7-9-22)27(36)32-24-10-11-26(25(19-24)29(38)34-12-1-2-13-34)33-14-16-35(17-15-33)28(37)21-4-3-5-23(31)18-21/h3-11,18-19H,1-2,12-17H2,(H,32,36). The second kappa shape index (κ2) is 11.0. The predicted molar refractivity (Wildman–Crippen MR) is 140 cm³/mol. The molecule has 0 aliphatic carbocycles. The van der Waals surface area contributed by atoms with Crippen molar-refractivity contribution in [2.24, 2.45) is 0 Å². The third-order valence-electron chi connectivity index (χ3n) is 6.96. The van der Waals surface area contributed by atoms with E-state index in [4.69, 9.17) is 0 Å². The summed E-state index contributed by atoms with van der Waals surface area (Å²) in [5.41, 5.74) is 2.30. The summed E-state index contributed by atoms with van der Waals surface area (Å²) in [6.45, 7) is 3.22. The van der Waals surface area contributed by atoms with E-state index in [9.17, 15) is 23.2 Å². The highest BCUT2D eigenvalue weighted by atomic mass is 19.1. The van der Waals surface area contributed by atoms with Gasteiger partial charge in [0, 0.05) is 61.8 Å². The molecule has 2 aliphatic heterocycles. The molecular weight excluding hydrogens is 490 g/mol. The van der Waals surface area contributed by atoms with Crippen LogP contribution in [0.15, 0.2) is 66.7 Å². The summed E-state index contributed by atoms with van der Waals surface area (Å²) in [5.74, 6) is -1.61. The zero-order chi connectivity index (χ0) is 26.6. The average Bonchev–Trinajstić information content (AvgIpc) is 3.48. The molecule has 3 aromatic carbocycles. The number of hydrogen-bond acceptors (Lipinski definition) is 4. The summed E-state index contributed by atoms with van der Waals surface area (Å²) in [5, 5.41) is 2.80. The summed E-state index contributed by atoms with van der Waals surface area (Å²) in [6.07, 6.45) is 1.89. The van der Waals surface area contributed by atoms with Gasteiger partial charge >= 0.3 is 0 Å². The lowest BCUT2D eigenvalue weighted by atomic mass is 10.1. The van der Waals surface area contributed by atoms with Gasteiger partial charge in [0.1, 0.15) is 11.6 Å². The average molecular weight is 519 g/mol. The van der Waals surface area contributed by atoms with Crippen molar-refractivity contribution in [3.63, 3.8) is 0 Å². The van der Waals surface area contributed by atoms with E-state index in [-0.39, 0.29) is 11.8 Å². The van der Waals surface area contributed by atoms with Gasteiger partial charge in [0.05, 0.1) is 5.56 Å². The van der Waals surface area contributed by atoms with Gasteiger partial charge in [0.15, 0.2) is 0 Å². The minimum Gasteiger partial charge on any atom is -0.367 e. The smallest absolute Gasteiger partial charge is 0.256 e. The molecule has 3 aromatic rings. The molecule has 0 bridgehead atoms. The monoisotopic (exact) mass is 518 g/mol. The Morgan fingerprint density at radius 2 is 1.34 bits per heavy atom. The van der Waals surface area contributed by atoms with Crippen LogP contribution in [0.3, 0.4) is 0 Å². The number of piperazine rings is 1. The maximum Gasteiger partial charge on any atom is 0.256 e. The maximum atomic E-state index is 13.6. The van der Waals surface area contributed by atoms with Crippen molar-refractivity contribution in [1.29, 1.82) is 0 Å². The quantitative estimate of drug-likeness (QED) is 0.543. The first-order valence-corrected chi connectivity index (χ1v) is 12.7. The molecule has 5 rings (SSSR count). The molecule has 0 aromatic heterocycles. The summed E-state index contributed by atoms with van der Waals surface area (Å²) in [4.78, 5) is 44.6. The van der Waals surface area contributed by atoms with E-state index in [1.165, 1.54) is 42.5 Å². The number of carbonyl (C=O) groups excluding carboxylic acids is 3. The highest BCUT2D eigenvalue weighted by Crippen LogP contribution is 2.29. The highest BCUT2D eigenvalue weighted by Gasteiger charge is 2.28. The Bertz CT molecular complexity index is 1350. The van der Waals surface area contributed by atoms with Crippen LogP contribution in [0.1, 0.15) is 43.9 Å². The molecule has 3 amide bonds. The Balaban J connectivity index is 1.35. The molecule has 0 spiro atoms. The molecule has 2 heterocycles. The van der Waals surface area contributed by atoms with Crippen molar-refractivity contribution in [3.05, 3.63) is 95.1 Å². The third-order valence-corrected chi connectivity index (χ3v) is 6.96. The van der Waals surface area contributed by atoms with E-state index in [2.05, 4.69) is 10.2 Å². The normalized spacial score (nSPS) is 15.5. The van der Waals surface area contributed by atoms with Crippen molar-refractivity contribution < 1.29 is 23.2 Å². The van der Waals surface area contributed by atoms with E-state index >= 15 is 0 Å². The first-order chi connectivity index (χ1) is 18.4. The van der Waals surface area contributed by atoms with Gasteiger partial charge in [0.25, 0.3) is 17.7 Å². The summed E-state index contributed by atoms with van der Waals surface area (Å²) in [7, 11) is 0. The Kier molecular flexibility index (Phi) is 7.35. The minimum atomic E-state index is -0.453. The number of benzene rings is 3. The molecule has 0 unspecified atom stereocenters. The number of hydrogen-bond donors (Lipinski definition) is 1. The largest absolute Gasteiger partial charge is 0.367 e. The van der Waals surface area contributed by atoms with Crippen molar-refractivity contribution in [1.82, 2.24) is 9.80 Å². The highest BCUT2D eigenvalue weighted by molar-refractivity contribution is 6.06. The minimum absolute atomic E-state index is 0.103. The second-order valence-electron chi connectivity index (χ2n) is 9.48. The predicted octanol–water partition coefficient (Wildman–Crippen LogP) is 4.42. The van der Waals surface area contributed by atoms with Gasteiger partial charge in [-0.2, -0.15) is 0 Å². The van der Waals surface area contributed by atoms with Crippen LogP contribution in [0.4, 0.5) is 20.2 Å². The van der Waals surface area contributed by atoms with Crippen LogP contribution in [0.25, 0.3) is 0 Å². The van der Waals surface area contributed by atoms with Crippen LogP contribution in [-0.2, 0) is 0 Å². The number of anilines is 2. The molecular formula is C29H28F2N4O3. The lowest BCUT2D eigenvalue weighted by Crippen LogP contribution is -2.49. The number of likely N-dealkylation sites (tertiary alicyclic amines) is 1. The second-order valence-corrected chi connectivity index (χ2v) is 9.48. The molecule has 38 heavy (non-hydrogen) atoms. The molecule has 2 saturated heterocycles. The van der Waals surface area contributed by atoms with E-state index < -0.39 is 17.5 Å². The van der Waals surface area contributed by atoms with Gasteiger partial charge in [-0.1, -0.05) is 6.07 Å². The van der Waals surface area contributed by atoms with E-state index in [0.717, 1.165) is 18.5 Å². The SMILES string of the molecule is O=C(Nc1ccc(N2CCN(C(=O)c3cccc(F)c3)CC2)c(C(=O)N2CCCC2)c1)c1ccc(F)cc1. The summed E-state index contributed by atoms with van der Waals surface area (Å²) < 4.78 is 26.8. The van der Waals surface area contributed by atoms with Crippen LogP contribution in [0.2, 0.25) is 0 Å². The number of amides is 3. The van der Waals surface area contributed by atoms with Gasteiger partial charge < -0.3 is 20.0 Å². The molecule has 7 nitrogen and oxygen atoms in total. The van der Waals surface area contributed by atoms with Gasteiger partial charge in [-0.3, -0.25) is 14.4 Å². The lowest BCUT2D eigenvalue weighted by molar-refractivity contribution is 0.0742. The Labute approximate surface area is 219 Å². The van der Waals surface area contributed by atoms with E-state index in [1.807, 2.05) is 11.0 Å². The Morgan fingerprint density at radius 1 is 0.658 bits per heavy atom. The number of rotatable bonds is 5. The fraction of sp³-hybridized carbons (Fsp3) is 0.276. The van der Waals surface area contributed by atoms with Crippen molar-refractivity contribution in [2.75, 3.05) is 49.5 Å². The summed E-state index contributed by atoms with van der Waals surface area (Å²) >= 11 is 0. The summed E-state index contributed by atoms with van der Waals surface area (Å²) in [6, 6.07) is 16.1. The van der Waals surface area contributed by atoms with E-state index in [0.29, 0.717) is 61.6 Å². The molecule has 0 atom stereocenters. The first kappa shape index (κ1) is 25.4. The molecule has 196 valence electrons. The number of halogens is 2. The van der Waals surface area contributed by atoms with Crippen LogP contribution < -0.4 is 10.2 Å². The molecule has 0 radical (unpaired) electrons. The van der Waals surface area contributed by atoms with Crippen molar-refractivity contribution >= 4 is 29.1 Å². The topological polar surface area (TPSA) is 73.0 Å². The van der Waals surface area contributed by atoms with Crippen molar-refractivity contribution in [2.45, 2.75) is 12.8 Å². The number of carbonyl (C=O) groups is 3. The lowest BCUT2D eigenvalue weighted by Gasteiger charge is -2.37. The Morgan fingerprint density at radius 3 is 2.03 bits per heavy atom. The fourth-order valence-corrected chi connectivity index (χ4v) is 4.91. The number of nitrogens with zero attached hydrogens (tertiary/aromatic N) is 3. The molecule has 0 saturated carbocycles. The first-order valence-electron chi connectivity index (χ1n) is 12.7. The van der Waals surface area contributed by atoms with Gasteiger partial charge in [-0.15, -0.1) is 0 Å². The number of nitrogens with one attached hydrogen (secondary N) is 1.